The van der Waals surface area contributed by atoms with Gasteiger partial charge in [-0.15, -0.1) is 0 Å². The molecule has 0 bridgehead atoms. The SMILES string of the molecule is O=C(Nc1ccncc1Br)c1ccnc(F)c1F. The Hall–Kier alpha value is -1.89. The third kappa shape index (κ3) is 2.51. The lowest BCUT2D eigenvalue weighted by Crippen LogP contribution is -2.15. The Morgan fingerprint density at radius 1 is 1.28 bits per heavy atom. The first-order chi connectivity index (χ1) is 8.59. The molecule has 2 aromatic heterocycles. The molecule has 1 amide bonds. The van der Waals surface area contributed by atoms with E-state index < -0.39 is 23.2 Å². The lowest BCUT2D eigenvalue weighted by Gasteiger charge is -2.07. The fourth-order valence-electron chi connectivity index (χ4n) is 1.26. The maximum Gasteiger partial charge on any atom is 0.258 e. The van der Waals surface area contributed by atoms with Gasteiger partial charge in [0.1, 0.15) is 0 Å². The number of rotatable bonds is 2. The molecule has 0 atom stereocenters. The molecule has 1 N–H and O–H groups in total. The molecule has 0 radical (unpaired) electrons. The zero-order valence-corrected chi connectivity index (χ0v) is 10.4. The Balaban J connectivity index is 2.28. The highest BCUT2D eigenvalue weighted by molar-refractivity contribution is 9.10. The van der Waals surface area contributed by atoms with Crippen LogP contribution in [0.5, 0.6) is 0 Å². The first kappa shape index (κ1) is 12.6. The van der Waals surface area contributed by atoms with E-state index in [1.54, 1.807) is 0 Å². The summed E-state index contributed by atoms with van der Waals surface area (Å²) >= 11 is 3.17. The van der Waals surface area contributed by atoms with Crippen molar-refractivity contribution in [3.05, 3.63) is 52.5 Å². The zero-order valence-electron chi connectivity index (χ0n) is 8.82. The molecule has 0 saturated heterocycles. The number of carbonyl (C=O) groups is 1. The number of halogens is 3. The topological polar surface area (TPSA) is 54.9 Å². The number of anilines is 1. The smallest absolute Gasteiger partial charge is 0.258 e. The standard InChI is InChI=1S/C11H6BrF2N3O/c12-7-5-15-3-2-8(7)17-11(18)6-1-4-16-10(14)9(6)13/h1-5H,(H,15,17,18). The van der Waals surface area contributed by atoms with E-state index >= 15 is 0 Å². The average molecular weight is 314 g/mol. The van der Waals surface area contributed by atoms with E-state index in [0.29, 0.717) is 10.2 Å². The minimum atomic E-state index is -1.31. The molecule has 2 rings (SSSR count). The summed E-state index contributed by atoms with van der Waals surface area (Å²) in [5.74, 6) is -3.35. The molecule has 0 aliphatic rings. The third-order valence-corrected chi connectivity index (χ3v) is 2.74. The van der Waals surface area contributed by atoms with Gasteiger partial charge in [0.25, 0.3) is 5.91 Å². The molecule has 7 heteroatoms. The van der Waals surface area contributed by atoms with Gasteiger partial charge in [-0.3, -0.25) is 9.78 Å². The molecule has 0 unspecified atom stereocenters. The fraction of sp³-hybridized carbons (Fsp3) is 0. The van der Waals surface area contributed by atoms with E-state index in [4.69, 9.17) is 0 Å². The van der Waals surface area contributed by atoms with Crippen molar-refractivity contribution in [3.8, 4) is 0 Å². The highest BCUT2D eigenvalue weighted by atomic mass is 79.9. The molecule has 92 valence electrons. The average Bonchev–Trinajstić information content (AvgIpc) is 2.35. The van der Waals surface area contributed by atoms with Crippen LogP contribution in [0.1, 0.15) is 10.4 Å². The third-order valence-electron chi connectivity index (χ3n) is 2.11. The molecule has 0 aliphatic heterocycles. The van der Waals surface area contributed by atoms with Crippen molar-refractivity contribution in [1.29, 1.82) is 0 Å². The molecule has 0 aromatic carbocycles. The first-order valence-electron chi connectivity index (χ1n) is 4.80. The lowest BCUT2D eigenvalue weighted by molar-refractivity contribution is 0.102. The van der Waals surface area contributed by atoms with Crippen molar-refractivity contribution < 1.29 is 13.6 Å². The second-order valence-corrected chi connectivity index (χ2v) is 4.13. The van der Waals surface area contributed by atoms with Gasteiger partial charge in [0.2, 0.25) is 5.95 Å². The van der Waals surface area contributed by atoms with Crippen molar-refractivity contribution in [2.45, 2.75) is 0 Å². The summed E-state index contributed by atoms with van der Waals surface area (Å²) in [4.78, 5) is 18.7. The van der Waals surface area contributed by atoms with Crippen LogP contribution in [0.4, 0.5) is 14.5 Å². The zero-order chi connectivity index (χ0) is 13.1. The highest BCUT2D eigenvalue weighted by Gasteiger charge is 2.16. The van der Waals surface area contributed by atoms with Crippen molar-refractivity contribution in [2.75, 3.05) is 5.32 Å². The summed E-state index contributed by atoms with van der Waals surface area (Å²) in [7, 11) is 0. The Kier molecular flexibility index (Phi) is 3.61. The summed E-state index contributed by atoms with van der Waals surface area (Å²) in [5, 5.41) is 2.43. The molecular weight excluding hydrogens is 308 g/mol. The minimum Gasteiger partial charge on any atom is -0.321 e. The summed E-state index contributed by atoms with van der Waals surface area (Å²) in [6, 6.07) is 2.63. The molecule has 2 heterocycles. The number of pyridine rings is 2. The second-order valence-electron chi connectivity index (χ2n) is 3.27. The van der Waals surface area contributed by atoms with Gasteiger partial charge in [-0.1, -0.05) is 0 Å². The number of hydrogen-bond acceptors (Lipinski definition) is 3. The van der Waals surface area contributed by atoms with Crippen LogP contribution in [0.25, 0.3) is 0 Å². The van der Waals surface area contributed by atoms with Gasteiger partial charge >= 0.3 is 0 Å². The first-order valence-corrected chi connectivity index (χ1v) is 5.59. The van der Waals surface area contributed by atoms with Crippen LogP contribution >= 0.6 is 15.9 Å². The van der Waals surface area contributed by atoms with Crippen molar-refractivity contribution in [1.82, 2.24) is 9.97 Å². The second kappa shape index (κ2) is 5.18. The Labute approximate surface area is 109 Å². The molecule has 0 spiro atoms. The molecule has 2 aromatic rings. The maximum absolute atomic E-state index is 13.3. The van der Waals surface area contributed by atoms with E-state index in [2.05, 4.69) is 31.2 Å². The predicted octanol–water partition coefficient (Wildman–Crippen LogP) is 2.77. The normalized spacial score (nSPS) is 10.2. The Bertz CT molecular complexity index is 607. The van der Waals surface area contributed by atoms with E-state index in [1.807, 2.05) is 0 Å². The minimum absolute atomic E-state index is 0.409. The lowest BCUT2D eigenvalue weighted by atomic mass is 10.2. The van der Waals surface area contributed by atoms with Crippen LogP contribution in [-0.2, 0) is 0 Å². The van der Waals surface area contributed by atoms with Gasteiger partial charge < -0.3 is 5.32 Å². The van der Waals surface area contributed by atoms with Crippen molar-refractivity contribution in [3.63, 3.8) is 0 Å². The molecular formula is C11H6BrF2N3O. The molecule has 18 heavy (non-hydrogen) atoms. The number of nitrogens with one attached hydrogen (secondary N) is 1. The van der Waals surface area contributed by atoms with Crippen molar-refractivity contribution in [2.24, 2.45) is 0 Å². The van der Waals surface area contributed by atoms with Crippen molar-refractivity contribution >= 4 is 27.5 Å². The van der Waals surface area contributed by atoms with Crippen LogP contribution in [0.3, 0.4) is 0 Å². The van der Waals surface area contributed by atoms with Gasteiger partial charge in [-0.2, -0.15) is 4.39 Å². The van der Waals surface area contributed by atoms with Gasteiger partial charge in [-0.05, 0) is 28.1 Å². The van der Waals surface area contributed by atoms with Gasteiger partial charge in [0.05, 0.1) is 15.7 Å². The number of aromatic nitrogens is 2. The molecule has 0 aliphatic carbocycles. The highest BCUT2D eigenvalue weighted by Crippen LogP contribution is 2.21. The van der Waals surface area contributed by atoms with E-state index in [0.717, 1.165) is 12.3 Å². The fourth-order valence-corrected chi connectivity index (χ4v) is 1.61. The molecule has 0 fully saturated rings. The predicted molar refractivity (Wildman–Crippen MR) is 64.0 cm³/mol. The number of hydrogen-bond donors (Lipinski definition) is 1. The van der Waals surface area contributed by atoms with E-state index in [-0.39, 0.29) is 0 Å². The van der Waals surface area contributed by atoms with E-state index in [9.17, 15) is 13.6 Å². The Morgan fingerprint density at radius 3 is 2.78 bits per heavy atom. The maximum atomic E-state index is 13.3. The van der Waals surface area contributed by atoms with E-state index in [1.165, 1.54) is 18.5 Å². The van der Waals surface area contributed by atoms with Gasteiger partial charge in [0.15, 0.2) is 5.82 Å². The van der Waals surface area contributed by atoms with Crippen LogP contribution in [0, 0.1) is 11.8 Å². The monoisotopic (exact) mass is 313 g/mol. The summed E-state index contributed by atoms with van der Waals surface area (Å²) in [6.07, 6.45) is 3.96. The molecule has 4 nitrogen and oxygen atoms in total. The summed E-state index contributed by atoms with van der Waals surface area (Å²) in [6.45, 7) is 0. The van der Waals surface area contributed by atoms with Crippen LogP contribution in [0.15, 0.2) is 35.2 Å². The van der Waals surface area contributed by atoms with Crippen LogP contribution < -0.4 is 5.32 Å². The van der Waals surface area contributed by atoms with Gasteiger partial charge in [-0.25, -0.2) is 9.37 Å². The summed E-state index contributed by atoms with van der Waals surface area (Å²) in [5.41, 5.74) is -0.00201. The quantitative estimate of drug-likeness (QED) is 0.867. The summed E-state index contributed by atoms with van der Waals surface area (Å²) < 4.78 is 26.7. The van der Waals surface area contributed by atoms with Crippen LogP contribution in [0.2, 0.25) is 0 Å². The largest absolute Gasteiger partial charge is 0.321 e. The number of carbonyl (C=O) groups excluding carboxylic acids is 1. The number of nitrogens with zero attached hydrogens (tertiary/aromatic N) is 2. The Morgan fingerprint density at radius 2 is 2.06 bits per heavy atom. The van der Waals surface area contributed by atoms with Crippen LogP contribution in [-0.4, -0.2) is 15.9 Å². The number of amides is 1. The van der Waals surface area contributed by atoms with Gasteiger partial charge in [0, 0.05) is 18.6 Å². The molecule has 0 saturated carbocycles.